The second kappa shape index (κ2) is 5.53. The molecule has 5 nitrogen and oxygen atoms in total. The number of aromatic nitrogens is 2. The van der Waals surface area contributed by atoms with Gasteiger partial charge in [-0.1, -0.05) is 15.9 Å². The Morgan fingerprint density at radius 1 is 1.28 bits per heavy atom. The number of benzene rings is 1. The predicted octanol–water partition coefficient (Wildman–Crippen LogP) is 3.34. The lowest BCUT2D eigenvalue weighted by molar-refractivity contribution is 0.415. The molecule has 0 bridgehead atoms. The molecule has 3 N–H and O–H groups in total. The van der Waals surface area contributed by atoms with E-state index in [2.05, 4.69) is 47.1 Å². The van der Waals surface area contributed by atoms with Crippen LogP contribution in [0.2, 0.25) is 0 Å². The van der Waals surface area contributed by atoms with Gasteiger partial charge in [-0.05, 0) is 34.1 Å². The highest BCUT2D eigenvalue weighted by molar-refractivity contribution is 9.11. The lowest BCUT2D eigenvalue weighted by Crippen LogP contribution is -2.03. The van der Waals surface area contributed by atoms with E-state index < -0.39 is 0 Å². The van der Waals surface area contributed by atoms with E-state index in [1.54, 1.807) is 0 Å². The van der Waals surface area contributed by atoms with Crippen molar-refractivity contribution >= 4 is 49.2 Å². The van der Waals surface area contributed by atoms with Crippen LogP contribution in [0.1, 0.15) is 0 Å². The lowest BCUT2D eigenvalue weighted by Gasteiger charge is -2.12. The van der Waals surface area contributed by atoms with Gasteiger partial charge in [0.05, 0.1) is 12.8 Å². The van der Waals surface area contributed by atoms with Gasteiger partial charge in [-0.15, -0.1) is 0 Å². The van der Waals surface area contributed by atoms with Gasteiger partial charge in [-0.2, -0.15) is 0 Å². The Hall–Kier alpha value is -1.34. The Bertz CT molecular complexity index is 577. The third-order valence-corrected chi connectivity index (χ3v) is 3.37. The fraction of sp³-hybridized carbons (Fsp3) is 0.0909. The summed E-state index contributed by atoms with van der Waals surface area (Å²) in [5.41, 5.74) is 6.57. The number of anilines is 3. The van der Waals surface area contributed by atoms with Crippen LogP contribution in [0.3, 0.4) is 0 Å². The molecule has 7 heteroatoms. The molecule has 2 aromatic rings. The molecule has 0 spiro atoms. The van der Waals surface area contributed by atoms with Crippen LogP contribution >= 0.6 is 31.9 Å². The largest absolute Gasteiger partial charge is 0.490 e. The molecule has 0 aliphatic rings. The van der Waals surface area contributed by atoms with Crippen LogP contribution in [-0.4, -0.2) is 17.1 Å². The number of hydrogen-bond acceptors (Lipinski definition) is 5. The zero-order valence-corrected chi connectivity index (χ0v) is 12.6. The Kier molecular flexibility index (Phi) is 4.03. The Labute approximate surface area is 121 Å². The summed E-state index contributed by atoms with van der Waals surface area (Å²) in [6, 6.07) is 5.76. The third kappa shape index (κ3) is 2.73. The molecular formula is C11H10Br2N4O. The van der Waals surface area contributed by atoms with Crippen LogP contribution in [-0.2, 0) is 0 Å². The molecule has 0 aliphatic heterocycles. The maximum Gasteiger partial charge on any atom is 0.204 e. The minimum absolute atomic E-state index is 0.295. The molecule has 0 atom stereocenters. The summed E-state index contributed by atoms with van der Waals surface area (Å²) >= 11 is 6.85. The summed E-state index contributed by atoms with van der Waals surface area (Å²) in [5, 5.41) is 3.14. The van der Waals surface area contributed by atoms with E-state index in [1.807, 2.05) is 18.2 Å². The van der Waals surface area contributed by atoms with Gasteiger partial charge >= 0.3 is 0 Å². The maximum atomic E-state index is 5.71. The second-order valence-electron chi connectivity index (χ2n) is 3.39. The zero-order valence-electron chi connectivity index (χ0n) is 9.45. The fourth-order valence-corrected chi connectivity index (χ4v) is 2.54. The van der Waals surface area contributed by atoms with Crippen molar-refractivity contribution in [3.8, 4) is 5.75 Å². The van der Waals surface area contributed by atoms with Gasteiger partial charge in [-0.25, -0.2) is 9.97 Å². The molecule has 2 rings (SSSR count). The van der Waals surface area contributed by atoms with Crippen LogP contribution in [0.5, 0.6) is 5.75 Å². The Morgan fingerprint density at radius 2 is 2.06 bits per heavy atom. The lowest BCUT2D eigenvalue weighted by atomic mass is 10.3. The predicted molar refractivity (Wildman–Crippen MR) is 78.1 cm³/mol. The van der Waals surface area contributed by atoms with Crippen molar-refractivity contribution in [2.45, 2.75) is 0 Å². The molecule has 1 aromatic carbocycles. The topological polar surface area (TPSA) is 73.1 Å². The van der Waals surface area contributed by atoms with Gasteiger partial charge in [-0.3, -0.25) is 0 Å². The summed E-state index contributed by atoms with van der Waals surface area (Å²) in [6.45, 7) is 0. The van der Waals surface area contributed by atoms with E-state index in [-0.39, 0.29) is 0 Å². The number of nitrogens with zero attached hydrogens (tertiary/aromatic N) is 2. The zero-order chi connectivity index (χ0) is 13.1. The summed E-state index contributed by atoms with van der Waals surface area (Å²) in [4.78, 5) is 7.98. The molecule has 1 aromatic heterocycles. The molecule has 0 unspecified atom stereocenters. The van der Waals surface area contributed by atoms with Crippen LogP contribution in [0.25, 0.3) is 0 Å². The summed E-state index contributed by atoms with van der Waals surface area (Å²) in [7, 11) is 1.52. The molecule has 0 amide bonds. The summed E-state index contributed by atoms with van der Waals surface area (Å²) in [6.07, 6.45) is 1.38. The third-order valence-electron chi connectivity index (χ3n) is 2.22. The highest BCUT2D eigenvalue weighted by Crippen LogP contribution is 2.33. The average Bonchev–Trinajstić information content (AvgIpc) is 2.33. The first-order chi connectivity index (χ1) is 8.61. The first kappa shape index (κ1) is 13.1. The van der Waals surface area contributed by atoms with Gasteiger partial charge in [0.25, 0.3) is 0 Å². The van der Waals surface area contributed by atoms with Gasteiger partial charge < -0.3 is 15.8 Å². The molecule has 0 radical (unpaired) electrons. The van der Waals surface area contributed by atoms with E-state index in [9.17, 15) is 0 Å². The quantitative estimate of drug-likeness (QED) is 0.863. The second-order valence-corrected chi connectivity index (χ2v) is 5.16. The van der Waals surface area contributed by atoms with Crippen molar-refractivity contribution < 1.29 is 4.74 Å². The van der Waals surface area contributed by atoms with Gasteiger partial charge in [0.15, 0.2) is 11.6 Å². The number of methoxy groups -OCH3 is 1. The standard InChI is InChI=1S/C11H10Br2N4O/c1-18-9-10(14)15-5-16-11(9)17-8-3-2-6(12)4-7(8)13/h2-5H,1H3,(H3,14,15,16,17). The van der Waals surface area contributed by atoms with Crippen molar-refractivity contribution in [3.63, 3.8) is 0 Å². The van der Waals surface area contributed by atoms with Crippen LogP contribution in [0, 0.1) is 0 Å². The molecule has 94 valence electrons. The minimum Gasteiger partial charge on any atom is -0.490 e. The molecular weight excluding hydrogens is 364 g/mol. The number of nitrogens with two attached hydrogens (primary N) is 1. The molecule has 18 heavy (non-hydrogen) atoms. The van der Waals surface area contributed by atoms with Crippen molar-refractivity contribution in [1.29, 1.82) is 0 Å². The number of hydrogen-bond donors (Lipinski definition) is 2. The number of nitrogen functional groups attached to an aromatic ring is 1. The Morgan fingerprint density at radius 3 is 2.72 bits per heavy atom. The van der Waals surface area contributed by atoms with Crippen molar-refractivity contribution in [2.24, 2.45) is 0 Å². The molecule has 1 heterocycles. The maximum absolute atomic E-state index is 5.71. The average molecular weight is 374 g/mol. The monoisotopic (exact) mass is 372 g/mol. The van der Waals surface area contributed by atoms with Crippen molar-refractivity contribution in [1.82, 2.24) is 9.97 Å². The number of ether oxygens (including phenoxy) is 1. The van der Waals surface area contributed by atoms with E-state index in [4.69, 9.17) is 10.5 Å². The first-order valence-corrected chi connectivity index (χ1v) is 6.57. The van der Waals surface area contributed by atoms with Crippen molar-refractivity contribution in [3.05, 3.63) is 33.5 Å². The van der Waals surface area contributed by atoms with Crippen molar-refractivity contribution in [2.75, 3.05) is 18.2 Å². The van der Waals surface area contributed by atoms with E-state index in [0.29, 0.717) is 17.4 Å². The van der Waals surface area contributed by atoms with Crippen LogP contribution in [0.15, 0.2) is 33.5 Å². The van der Waals surface area contributed by atoms with E-state index >= 15 is 0 Å². The van der Waals surface area contributed by atoms with Gasteiger partial charge in [0.2, 0.25) is 5.75 Å². The Balaban J connectivity index is 2.37. The SMILES string of the molecule is COc1c(N)ncnc1Nc1ccc(Br)cc1Br. The molecule has 0 saturated carbocycles. The normalized spacial score (nSPS) is 10.2. The fourth-order valence-electron chi connectivity index (χ4n) is 1.40. The number of rotatable bonds is 3. The van der Waals surface area contributed by atoms with E-state index in [0.717, 1.165) is 14.6 Å². The summed E-state index contributed by atoms with van der Waals surface area (Å²) < 4.78 is 7.05. The highest BCUT2D eigenvalue weighted by atomic mass is 79.9. The molecule has 0 saturated heterocycles. The number of halogens is 2. The van der Waals surface area contributed by atoms with Gasteiger partial charge in [0, 0.05) is 8.95 Å². The highest BCUT2D eigenvalue weighted by Gasteiger charge is 2.11. The van der Waals surface area contributed by atoms with Crippen LogP contribution in [0.4, 0.5) is 17.3 Å². The first-order valence-electron chi connectivity index (χ1n) is 4.98. The van der Waals surface area contributed by atoms with Crippen LogP contribution < -0.4 is 15.8 Å². The smallest absolute Gasteiger partial charge is 0.204 e. The molecule has 0 aliphatic carbocycles. The summed E-state index contributed by atoms with van der Waals surface area (Å²) in [5.74, 6) is 1.24. The molecule has 0 fully saturated rings. The minimum atomic E-state index is 0.295. The van der Waals surface area contributed by atoms with Gasteiger partial charge in [0.1, 0.15) is 6.33 Å². The van der Waals surface area contributed by atoms with E-state index in [1.165, 1.54) is 13.4 Å². The number of nitrogens with one attached hydrogen (secondary N) is 1.